The minimum atomic E-state index is -1.81. The zero-order valence-corrected chi connectivity index (χ0v) is 8.37. The number of aliphatic hydroxyl groups is 1. The van der Waals surface area contributed by atoms with Gasteiger partial charge in [0.25, 0.3) is 0 Å². The summed E-state index contributed by atoms with van der Waals surface area (Å²) in [6.45, 7) is 0. The third-order valence-corrected chi connectivity index (χ3v) is 3.09. The molecule has 1 fully saturated rings. The molecule has 1 aliphatic rings. The summed E-state index contributed by atoms with van der Waals surface area (Å²) in [5, 5.41) is 10.2. The number of benzene rings is 1. The average molecular weight is 212 g/mol. The number of alkyl halides is 2. The maximum atomic E-state index is 13.7. The number of hydrogen-bond acceptors (Lipinski definition) is 1. The van der Waals surface area contributed by atoms with E-state index >= 15 is 0 Å². The molecule has 0 saturated heterocycles. The molecule has 0 aliphatic heterocycles. The van der Waals surface area contributed by atoms with Gasteiger partial charge in [-0.05, 0) is 24.8 Å². The van der Waals surface area contributed by atoms with Crippen molar-refractivity contribution in [2.24, 2.45) is 0 Å². The first-order valence-corrected chi connectivity index (χ1v) is 5.20. The molecule has 1 nitrogen and oxygen atoms in total. The molecule has 0 spiro atoms. The number of rotatable bonds is 1. The largest absolute Gasteiger partial charge is 0.382 e. The molecule has 1 N–H and O–H groups in total. The van der Waals surface area contributed by atoms with Crippen molar-refractivity contribution in [3.05, 3.63) is 35.9 Å². The first-order chi connectivity index (χ1) is 7.14. The highest BCUT2D eigenvalue weighted by Gasteiger charge is 2.46. The Labute approximate surface area is 87.7 Å². The average Bonchev–Trinajstić information content (AvgIpc) is 2.27. The minimum absolute atomic E-state index is 0.205. The Kier molecular flexibility index (Phi) is 2.74. The number of halogens is 2. The highest BCUT2D eigenvalue weighted by atomic mass is 19.2. The smallest absolute Gasteiger partial charge is 0.164 e. The van der Waals surface area contributed by atoms with Crippen molar-refractivity contribution in [3.63, 3.8) is 0 Å². The van der Waals surface area contributed by atoms with Crippen molar-refractivity contribution in [1.29, 1.82) is 0 Å². The van der Waals surface area contributed by atoms with Crippen LogP contribution in [0, 0.1) is 0 Å². The zero-order valence-electron chi connectivity index (χ0n) is 8.37. The molecule has 0 bridgehead atoms. The summed E-state index contributed by atoms with van der Waals surface area (Å²) in [7, 11) is 0. The summed E-state index contributed by atoms with van der Waals surface area (Å²) in [5.41, 5.74) is -1.17. The Morgan fingerprint density at radius 1 is 1.20 bits per heavy atom. The van der Waals surface area contributed by atoms with Crippen molar-refractivity contribution < 1.29 is 13.9 Å². The fraction of sp³-hybridized carbons (Fsp3) is 0.500. The second-order valence-electron chi connectivity index (χ2n) is 4.10. The van der Waals surface area contributed by atoms with Gasteiger partial charge in [-0.1, -0.05) is 30.3 Å². The van der Waals surface area contributed by atoms with Gasteiger partial charge < -0.3 is 5.11 Å². The van der Waals surface area contributed by atoms with Crippen molar-refractivity contribution in [2.75, 3.05) is 0 Å². The predicted molar refractivity (Wildman–Crippen MR) is 54.0 cm³/mol. The van der Waals surface area contributed by atoms with Crippen molar-refractivity contribution >= 4 is 0 Å². The van der Waals surface area contributed by atoms with E-state index in [0.29, 0.717) is 18.4 Å². The molecule has 0 unspecified atom stereocenters. The van der Waals surface area contributed by atoms with E-state index < -0.39 is 17.9 Å². The summed E-state index contributed by atoms with van der Waals surface area (Å²) in [4.78, 5) is 0. The van der Waals surface area contributed by atoms with Gasteiger partial charge in [0.2, 0.25) is 0 Å². The molecule has 15 heavy (non-hydrogen) atoms. The van der Waals surface area contributed by atoms with Crippen molar-refractivity contribution in [3.8, 4) is 0 Å². The van der Waals surface area contributed by atoms with Crippen LogP contribution in [0.2, 0.25) is 0 Å². The second kappa shape index (κ2) is 3.89. The van der Waals surface area contributed by atoms with Crippen LogP contribution < -0.4 is 0 Å². The fourth-order valence-corrected chi connectivity index (χ4v) is 2.18. The van der Waals surface area contributed by atoms with Gasteiger partial charge in [0.15, 0.2) is 6.17 Å². The molecule has 0 amide bonds. The molecular formula is C12H14F2O. The van der Waals surface area contributed by atoms with Crippen LogP contribution in [0.1, 0.15) is 24.8 Å². The summed E-state index contributed by atoms with van der Waals surface area (Å²) in [6, 6.07) is 8.52. The van der Waals surface area contributed by atoms with Gasteiger partial charge in [-0.15, -0.1) is 0 Å². The van der Waals surface area contributed by atoms with Crippen LogP contribution in [0.4, 0.5) is 8.78 Å². The van der Waals surface area contributed by atoms with Crippen LogP contribution in [0.5, 0.6) is 0 Å². The van der Waals surface area contributed by atoms with Crippen LogP contribution in [0.15, 0.2) is 30.3 Å². The summed E-state index contributed by atoms with van der Waals surface area (Å²) < 4.78 is 26.9. The van der Waals surface area contributed by atoms with Crippen LogP contribution in [-0.2, 0) is 5.60 Å². The molecule has 3 atom stereocenters. The summed E-state index contributed by atoms with van der Waals surface area (Å²) >= 11 is 0. The Morgan fingerprint density at radius 2 is 1.87 bits per heavy atom. The van der Waals surface area contributed by atoms with E-state index in [9.17, 15) is 13.9 Å². The fourth-order valence-electron chi connectivity index (χ4n) is 2.18. The van der Waals surface area contributed by atoms with Gasteiger partial charge in [-0.25, -0.2) is 8.78 Å². The first-order valence-electron chi connectivity index (χ1n) is 5.20. The third-order valence-electron chi connectivity index (χ3n) is 3.09. The first kappa shape index (κ1) is 10.6. The quantitative estimate of drug-likeness (QED) is 0.758. The molecule has 0 radical (unpaired) electrons. The lowest BCUT2D eigenvalue weighted by atomic mass is 9.77. The lowest BCUT2D eigenvalue weighted by Gasteiger charge is -2.37. The van der Waals surface area contributed by atoms with E-state index in [2.05, 4.69) is 0 Å². The number of hydrogen-bond donors (Lipinski definition) is 1. The van der Waals surface area contributed by atoms with E-state index in [1.54, 1.807) is 30.3 Å². The Hall–Kier alpha value is -0.960. The lowest BCUT2D eigenvalue weighted by molar-refractivity contribution is -0.100. The summed E-state index contributed by atoms with van der Waals surface area (Å²) in [5.74, 6) is 0. The van der Waals surface area contributed by atoms with E-state index in [1.165, 1.54) is 0 Å². The lowest BCUT2D eigenvalue weighted by Crippen LogP contribution is -2.45. The van der Waals surface area contributed by atoms with E-state index in [0.717, 1.165) is 0 Å². The van der Waals surface area contributed by atoms with Crippen LogP contribution >= 0.6 is 0 Å². The van der Waals surface area contributed by atoms with Crippen molar-refractivity contribution in [2.45, 2.75) is 37.2 Å². The Bertz CT molecular complexity index is 328. The SMILES string of the molecule is O[C@]1(c2ccccc2)CCC[C@@H](F)[C@H]1F. The maximum absolute atomic E-state index is 13.7. The van der Waals surface area contributed by atoms with Gasteiger partial charge >= 0.3 is 0 Å². The highest BCUT2D eigenvalue weighted by molar-refractivity contribution is 5.25. The van der Waals surface area contributed by atoms with Crippen LogP contribution in [-0.4, -0.2) is 17.4 Å². The Morgan fingerprint density at radius 3 is 2.53 bits per heavy atom. The molecule has 1 aromatic carbocycles. The van der Waals surface area contributed by atoms with E-state index in [-0.39, 0.29) is 6.42 Å². The van der Waals surface area contributed by atoms with E-state index in [1.807, 2.05) is 0 Å². The maximum Gasteiger partial charge on any atom is 0.164 e. The normalized spacial score (nSPS) is 36.5. The Balaban J connectivity index is 2.32. The molecule has 1 aliphatic carbocycles. The van der Waals surface area contributed by atoms with E-state index in [4.69, 9.17) is 0 Å². The van der Waals surface area contributed by atoms with Gasteiger partial charge in [0.1, 0.15) is 11.8 Å². The molecule has 1 aromatic rings. The van der Waals surface area contributed by atoms with Gasteiger partial charge in [0.05, 0.1) is 0 Å². The topological polar surface area (TPSA) is 20.2 Å². The van der Waals surface area contributed by atoms with Gasteiger partial charge in [-0.2, -0.15) is 0 Å². The van der Waals surface area contributed by atoms with Crippen LogP contribution in [0.25, 0.3) is 0 Å². The molecular weight excluding hydrogens is 198 g/mol. The summed E-state index contributed by atoms with van der Waals surface area (Å²) in [6.07, 6.45) is -2.35. The predicted octanol–water partition coefficient (Wildman–Crippen LogP) is 2.73. The molecule has 82 valence electrons. The third kappa shape index (κ3) is 1.76. The zero-order chi connectivity index (χ0) is 10.9. The molecule has 3 heteroatoms. The standard InChI is InChI=1S/C12H14F2O/c13-10-7-4-8-12(15,11(10)14)9-5-2-1-3-6-9/h1-3,5-6,10-11,15H,4,7-8H2/t10-,11-,12+/m1/s1. The van der Waals surface area contributed by atoms with Crippen LogP contribution in [0.3, 0.4) is 0 Å². The van der Waals surface area contributed by atoms with Gasteiger partial charge in [-0.3, -0.25) is 0 Å². The molecule has 0 heterocycles. The molecule has 2 rings (SSSR count). The molecule has 0 aromatic heterocycles. The highest BCUT2D eigenvalue weighted by Crippen LogP contribution is 2.40. The van der Waals surface area contributed by atoms with Gasteiger partial charge in [0, 0.05) is 0 Å². The monoisotopic (exact) mass is 212 g/mol. The minimum Gasteiger partial charge on any atom is -0.382 e. The van der Waals surface area contributed by atoms with Crippen molar-refractivity contribution in [1.82, 2.24) is 0 Å². The molecule has 1 saturated carbocycles. The second-order valence-corrected chi connectivity index (χ2v) is 4.10.